The summed E-state index contributed by atoms with van der Waals surface area (Å²) >= 11 is 6.36. The van der Waals surface area contributed by atoms with Crippen molar-refractivity contribution in [3.8, 4) is 0 Å². The lowest BCUT2D eigenvalue weighted by Crippen LogP contribution is -2.23. The van der Waals surface area contributed by atoms with E-state index in [9.17, 15) is 4.79 Å². The Morgan fingerprint density at radius 3 is 2.66 bits per heavy atom. The van der Waals surface area contributed by atoms with Crippen LogP contribution in [0, 0.1) is 6.92 Å². The van der Waals surface area contributed by atoms with Gasteiger partial charge in [0.1, 0.15) is 11.6 Å². The zero-order valence-electron chi connectivity index (χ0n) is 17.0. The number of pyridine rings is 1. The molecule has 0 saturated heterocycles. The number of para-hydroxylation sites is 1. The van der Waals surface area contributed by atoms with Crippen LogP contribution in [0.15, 0.2) is 42.6 Å². The third-order valence-electron chi connectivity index (χ3n) is 4.24. The van der Waals surface area contributed by atoms with E-state index in [1.54, 1.807) is 12.3 Å². The predicted molar refractivity (Wildman–Crippen MR) is 118 cm³/mol. The highest BCUT2D eigenvalue weighted by Gasteiger charge is 2.13. The number of nitrogens with zero attached hydrogens (tertiary/aromatic N) is 3. The fourth-order valence-corrected chi connectivity index (χ4v) is 3.08. The Morgan fingerprint density at radius 2 is 1.93 bits per heavy atom. The first-order valence-corrected chi connectivity index (χ1v) is 9.89. The maximum Gasteiger partial charge on any atom is 0.253 e. The lowest BCUT2D eigenvalue weighted by Gasteiger charge is -2.15. The van der Waals surface area contributed by atoms with E-state index in [2.05, 4.69) is 39.9 Å². The van der Waals surface area contributed by atoms with Crippen molar-refractivity contribution in [3.63, 3.8) is 0 Å². The average Bonchev–Trinajstić information content (AvgIpc) is 3.05. The van der Waals surface area contributed by atoms with Gasteiger partial charge in [0.25, 0.3) is 5.91 Å². The summed E-state index contributed by atoms with van der Waals surface area (Å²) in [5.41, 5.74) is 2.78. The Hall–Kier alpha value is -3.06. The van der Waals surface area contributed by atoms with E-state index in [0.717, 1.165) is 11.5 Å². The molecule has 0 aliphatic heterocycles. The highest BCUT2D eigenvalue weighted by atomic mass is 35.5. The first-order chi connectivity index (χ1) is 13.9. The van der Waals surface area contributed by atoms with Gasteiger partial charge in [-0.2, -0.15) is 5.10 Å². The van der Waals surface area contributed by atoms with Gasteiger partial charge in [-0.15, -0.1) is 0 Å². The molecule has 0 atom stereocenters. The van der Waals surface area contributed by atoms with Crippen LogP contribution in [0.4, 0.5) is 23.0 Å². The summed E-state index contributed by atoms with van der Waals surface area (Å²) in [7, 11) is 0. The topological polar surface area (TPSA) is 83.9 Å². The summed E-state index contributed by atoms with van der Waals surface area (Å²) in [6.45, 7) is 8.52. The Labute approximate surface area is 175 Å². The molecule has 3 rings (SSSR count). The Bertz CT molecular complexity index is 1010. The number of benzene rings is 1. The highest BCUT2D eigenvalue weighted by molar-refractivity contribution is 6.33. The molecule has 0 bridgehead atoms. The smallest absolute Gasteiger partial charge is 0.253 e. The number of hydrogen-bond donors (Lipinski definition) is 3. The van der Waals surface area contributed by atoms with E-state index in [0.29, 0.717) is 34.3 Å². The van der Waals surface area contributed by atoms with Crippen molar-refractivity contribution >= 4 is 40.5 Å². The van der Waals surface area contributed by atoms with E-state index >= 15 is 0 Å². The maximum absolute atomic E-state index is 12.3. The minimum absolute atomic E-state index is 0.143. The van der Waals surface area contributed by atoms with Crippen LogP contribution in [0.2, 0.25) is 5.02 Å². The number of hydrogen-bond acceptors (Lipinski definition) is 5. The molecule has 0 saturated carbocycles. The van der Waals surface area contributed by atoms with E-state index in [4.69, 9.17) is 11.6 Å². The van der Waals surface area contributed by atoms with Crippen LogP contribution in [0.5, 0.6) is 0 Å². The lowest BCUT2D eigenvalue weighted by molar-refractivity contribution is 0.0956. The zero-order chi connectivity index (χ0) is 21.0. The molecule has 3 N–H and O–H groups in total. The highest BCUT2D eigenvalue weighted by Crippen LogP contribution is 2.30. The predicted octanol–water partition coefficient (Wildman–Crippen LogP) is 5.06. The quantitative estimate of drug-likeness (QED) is 0.505. The second kappa shape index (κ2) is 8.96. The fourth-order valence-electron chi connectivity index (χ4n) is 2.93. The third-order valence-corrected chi connectivity index (χ3v) is 4.54. The maximum atomic E-state index is 12.3. The van der Waals surface area contributed by atoms with Crippen molar-refractivity contribution in [1.82, 2.24) is 20.1 Å². The van der Waals surface area contributed by atoms with Crippen LogP contribution in [-0.4, -0.2) is 27.2 Å². The van der Waals surface area contributed by atoms with Crippen molar-refractivity contribution < 1.29 is 4.79 Å². The van der Waals surface area contributed by atoms with Crippen molar-refractivity contribution in [1.29, 1.82) is 0 Å². The summed E-state index contributed by atoms with van der Waals surface area (Å²) in [5.74, 6) is 1.32. The fraction of sp³-hybridized carbons (Fsp3) is 0.286. The minimum Gasteiger partial charge on any atom is -0.354 e. The van der Waals surface area contributed by atoms with Gasteiger partial charge in [0.2, 0.25) is 0 Å². The average molecular weight is 413 g/mol. The molecule has 8 heteroatoms. The molecular formula is C21H25ClN6O. The van der Waals surface area contributed by atoms with Gasteiger partial charge in [-0.1, -0.05) is 23.7 Å². The van der Waals surface area contributed by atoms with Crippen molar-refractivity contribution in [2.24, 2.45) is 0 Å². The monoisotopic (exact) mass is 412 g/mol. The van der Waals surface area contributed by atoms with Crippen LogP contribution in [0.1, 0.15) is 42.9 Å². The number of nitrogens with one attached hydrogen (secondary N) is 3. The summed E-state index contributed by atoms with van der Waals surface area (Å²) in [4.78, 5) is 16.7. The summed E-state index contributed by atoms with van der Waals surface area (Å²) in [6.07, 6.45) is 1.57. The van der Waals surface area contributed by atoms with Gasteiger partial charge in [0.15, 0.2) is 0 Å². The first kappa shape index (κ1) is 20.7. The number of aromatic nitrogens is 3. The SMILES string of the molecule is CCNC(=O)c1ccccc1Nc1cc(Nc2cc(C)nn2C(C)C)ncc1Cl. The Kier molecular flexibility index (Phi) is 6.39. The first-order valence-electron chi connectivity index (χ1n) is 9.52. The Balaban J connectivity index is 1.89. The van der Waals surface area contributed by atoms with Crippen LogP contribution in [0.3, 0.4) is 0 Å². The summed E-state index contributed by atoms with van der Waals surface area (Å²) < 4.78 is 1.91. The number of amides is 1. The Morgan fingerprint density at radius 1 is 1.17 bits per heavy atom. The number of rotatable bonds is 7. The van der Waals surface area contributed by atoms with Gasteiger partial charge in [0.05, 0.1) is 33.9 Å². The molecule has 1 amide bonds. The lowest BCUT2D eigenvalue weighted by atomic mass is 10.1. The van der Waals surface area contributed by atoms with Crippen LogP contribution < -0.4 is 16.0 Å². The van der Waals surface area contributed by atoms with E-state index in [1.807, 2.05) is 48.9 Å². The molecule has 2 heterocycles. The van der Waals surface area contributed by atoms with Gasteiger partial charge >= 0.3 is 0 Å². The van der Waals surface area contributed by atoms with Gasteiger partial charge < -0.3 is 16.0 Å². The molecular weight excluding hydrogens is 388 g/mol. The van der Waals surface area contributed by atoms with Crippen molar-refractivity contribution in [3.05, 3.63) is 58.9 Å². The van der Waals surface area contributed by atoms with Crippen LogP contribution in [0.25, 0.3) is 0 Å². The van der Waals surface area contributed by atoms with Gasteiger partial charge in [-0.05, 0) is 39.8 Å². The molecule has 0 aliphatic carbocycles. The molecule has 0 fully saturated rings. The largest absolute Gasteiger partial charge is 0.354 e. The molecule has 29 heavy (non-hydrogen) atoms. The summed E-state index contributed by atoms with van der Waals surface area (Å²) in [5, 5.41) is 14.3. The van der Waals surface area contributed by atoms with Crippen LogP contribution in [-0.2, 0) is 0 Å². The molecule has 0 unspecified atom stereocenters. The number of carbonyl (C=O) groups excluding carboxylic acids is 1. The van der Waals surface area contributed by atoms with E-state index in [-0.39, 0.29) is 11.9 Å². The van der Waals surface area contributed by atoms with Crippen molar-refractivity contribution in [2.75, 3.05) is 17.2 Å². The zero-order valence-corrected chi connectivity index (χ0v) is 17.7. The van der Waals surface area contributed by atoms with Gasteiger partial charge in [0, 0.05) is 24.7 Å². The van der Waals surface area contributed by atoms with E-state index in [1.165, 1.54) is 0 Å². The van der Waals surface area contributed by atoms with Gasteiger partial charge in [-0.3, -0.25) is 4.79 Å². The van der Waals surface area contributed by atoms with E-state index < -0.39 is 0 Å². The third kappa shape index (κ3) is 4.86. The van der Waals surface area contributed by atoms with Gasteiger partial charge in [-0.25, -0.2) is 9.67 Å². The van der Waals surface area contributed by atoms with Crippen LogP contribution >= 0.6 is 11.6 Å². The number of aryl methyl sites for hydroxylation is 1. The number of halogens is 1. The standard InChI is InChI=1S/C21H25ClN6O/c1-5-23-21(29)15-8-6-7-9-17(15)25-18-11-19(24-12-16(18)22)26-20-10-14(4)27-28(20)13(2)3/h6-13H,5H2,1-4H3,(H,23,29)(H2,24,25,26). The summed E-state index contributed by atoms with van der Waals surface area (Å²) in [6, 6.07) is 11.3. The second-order valence-corrected chi connectivity index (χ2v) is 7.32. The van der Waals surface area contributed by atoms with Crippen molar-refractivity contribution in [2.45, 2.75) is 33.7 Å². The molecule has 2 aromatic heterocycles. The normalized spacial score (nSPS) is 10.8. The molecule has 0 spiro atoms. The number of anilines is 4. The molecule has 1 aromatic carbocycles. The molecule has 3 aromatic rings. The molecule has 0 aliphatic rings. The minimum atomic E-state index is -0.143. The molecule has 7 nitrogen and oxygen atoms in total. The molecule has 0 radical (unpaired) electrons. The number of carbonyl (C=O) groups is 1. The second-order valence-electron chi connectivity index (χ2n) is 6.91. The molecule has 152 valence electrons.